The van der Waals surface area contributed by atoms with Crippen molar-refractivity contribution in [3.63, 3.8) is 0 Å². The zero-order valence-electron chi connectivity index (χ0n) is 13.5. The molecule has 0 N–H and O–H groups in total. The number of furan rings is 1. The van der Waals surface area contributed by atoms with Crippen LogP contribution in [0.15, 0.2) is 45.6 Å². The van der Waals surface area contributed by atoms with Crippen molar-refractivity contribution in [1.29, 1.82) is 0 Å². The number of thiazole rings is 1. The molecule has 3 aromatic heterocycles. The number of aromatic nitrogens is 2. The zero-order chi connectivity index (χ0) is 16.7. The lowest BCUT2D eigenvalue weighted by molar-refractivity contribution is 0.541. The molecule has 0 saturated carbocycles. The van der Waals surface area contributed by atoms with Crippen molar-refractivity contribution in [3.8, 4) is 0 Å². The summed E-state index contributed by atoms with van der Waals surface area (Å²) >= 11 is 1.38. The Hall–Kier alpha value is -2.60. The van der Waals surface area contributed by atoms with E-state index in [2.05, 4.69) is 23.7 Å². The molecule has 0 atom stereocenters. The normalized spacial score (nSPS) is 12.5. The average molecular weight is 339 g/mol. The van der Waals surface area contributed by atoms with Crippen LogP contribution in [0.5, 0.6) is 0 Å². The van der Waals surface area contributed by atoms with Crippen molar-refractivity contribution >= 4 is 39.3 Å². The summed E-state index contributed by atoms with van der Waals surface area (Å²) in [6, 6.07) is 11.5. The van der Waals surface area contributed by atoms with Gasteiger partial charge in [-0.15, -0.1) is 0 Å². The monoisotopic (exact) mass is 339 g/mol. The molecule has 0 aliphatic heterocycles. The van der Waals surface area contributed by atoms with Crippen LogP contribution in [0, 0.1) is 0 Å². The van der Waals surface area contributed by atoms with Crippen molar-refractivity contribution in [3.05, 3.63) is 57.0 Å². The first kappa shape index (κ1) is 15.0. The molecule has 0 unspecified atom stereocenters. The molecule has 0 radical (unpaired) electrons. The summed E-state index contributed by atoms with van der Waals surface area (Å²) in [6.07, 6.45) is 1.80. The Balaban J connectivity index is 1.83. The lowest BCUT2D eigenvalue weighted by Crippen LogP contribution is -2.22. The minimum absolute atomic E-state index is 0.0514. The minimum Gasteiger partial charge on any atom is -0.441 e. The van der Waals surface area contributed by atoms with Crippen LogP contribution in [0.4, 0.5) is 5.88 Å². The second kappa shape index (κ2) is 5.79. The standard InChI is InChI=1S/C18H17N3O2S/c1-3-20(4-2)16-10-9-12(23-16)11-15-17(22)21-14-8-6-5-7-13(14)19-18(21)24-15/h5-11H,3-4H2,1-2H3. The van der Waals surface area contributed by atoms with Gasteiger partial charge in [0.1, 0.15) is 10.3 Å². The molecule has 5 nitrogen and oxygen atoms in total. The first-order valence-corrected chi connectivity index (χ1v) is 8.79. The molecule has 0 aliphatic carbocycles. The van der Waals surface area contributed by atoms with Gasteiger partial charge < -0.3 is 9.32 Å². The van der Waals surface area contributed by atoms with E-state index in [1.165, 1.54) is 11.3 Å². The van der Waals surface area contributed by atoms with Gasteiger partial charge in [-0.05, 0) is 32.0 Å². The predicted molar refractivity (Wildman–Crippen MR) is 97.9 cm³/mol. The van der Waals surface area contributed by atoms with E-state index in [4.69, 9.17) is 4.42 Å². The van der Waals surface area contributed by atoms with Gasteiger partial charge in [0, 0.05) is 25.2 Å². The molecule has 4 rings (SSSR count). The molecule has 24 heavy (non-hydrogen) atoms. The highest BCUT2D eigenvalue weighted by Crippen LogP contribution is 2.19. The summed E-state index contributed by atoms with van der Waals surface area (Å²) in [6.45, 7) is 5.94. The SMILES string of the molecule is CCN(CC)c1ccc(C=c2sc3nc4ccccc4n3c2=O)o1. The van der Waals surface area contributed by atoms with Crippen molar-refractivity contribution in [2.75, 3.05) is 18.0 Å². The zero-order valence-corrected chi connectivity index (χ0v) is 14.3. The second-order valence-corrected chi connectivity index (χ2v) is 6.49. The van der Waals surface area contributed by atoms with Crippen molar-refractivity contribution < 1.29 is 4.42 Å². The van der Waals surface area contributed by atoms with Gasteiger partial charge in [0.05, 0.1) is 11.0 Å². The van der Waals surface area contributed by atoms with E-state index in [1.54, 1.807) is 10.5 Å². The molecule has 0 spiro atoms. The fourth-order valence-electron chi connectivity index (χ4n) is 2.87. The maximum atomic E-state index is 12.7. The van der Waals surface area contributed by atoms with Gasteiger partial charge in [-0.25, -0.2) is 9.38 Å². The van der Waals surface area contributed by atoms with Gasteiger partial charge in [-0.2, -0.15) is 0 Å². The maximum absolute atomic E-state index is 12.7. The molecule has 0 saturated heterocycles. The fraction of sp³-hybridized carbons (Fsp3) is 0.222. The third-order valence-electron chi connectivity index (χ3n) is 4.11. The molecule has 6 heteroatoms. The topological polar surface area (TPSA) is 50.8 Å². The van der Waals surface area contributed by atoms with E-state index < -0.39 is 0 Å². The summed E-state index contributed by atoms with van der Waals surface area (Å²) in [7, 11) is 0. The van der Waals surface area contributed by atoms with Crippen molar-refractivity contribution in [2.45, 2.75) is 13.8 Å². The quantitative estimate of drug-likeness (QED) is 0.574. The molecule has 0 fully saturated rings. The summed E-state index contributed by atoms with van der Waals surface area (Å²) in [5.74, 6) is 1.51. The Kier molecular flexibility index (Phi) is 3.61. The Morgan fingerprint density at radius 1 is 1.21 bits per heavy atom. The lowest BCUT2D eigenvalue weighted by atomic mass is 10.3. The van der Waals surface area contributed by atoms with Crippen LogP contribution < -0.4 is 15.0 Å². The number of rotatable bonds is 4. The molecular weight excluding hydrogens is 322 g/mol. The summed E-state index contributed by atoms with van der Waals surface area (Å²) in [5.41, 5.74) is 1.63. The number of hydrogen-bond donors (Lipinski definition) is 0. The molecule has 4 aromatic rings. The van der Waals surface area contributed by atoms with E-state index >= 15 is 0 Å². The average Bonchev–Trinajstić information content (AvgIpc) is 3.26. The van der Waals surface area contributed by atoms with Crippen LogP contribution in [-0.2, 0) is 0 Å². The van der Waals surface area contributed by atoms with Gasteiger partial charge in [-0.3, -0.25) is 4.79 Å². The molecule has 0 bridgehead atoms. The highest BCUT2D eigenvalue weighted by Gasteiger charge is 2.11. The Bertz CT molecular complexity index is 1120. The third kappa shape index (κ3) is 2.30. The van der Waals surface area contributed by atoms with E-state index in [0.717, 1.165) is 30.0 Å². The van der Waals surface area contributed by atoms with Crippen LogP contribution in [-0.4, -0.2) is 22.5 Å². The van der Waals surface area contributed by atoms with E-state index in [-0.39, 0.29) is 5.56 Å². The highest BCUT2D eigenvalue weighted by atomic mass is 32.1. The second-order valence-electron chi connectivity index (χ2n) is 5.48. The Labute approximate surface area is 142 Å². The number of fused-ring (bicyclic) bond motifs is 3. The van der Waals surface area contributed by atoms with Crippen LogP contribution in [0.25, 0.3) is 22.1 Å². The smallest absolute Gasteiger partial charge is 0.275 e. The van der Waals surface area contributed by atoms with Gasteiger partial charge in [0.25, 0.3) is 5.56 Å². The Morgan fingerprint density at radius 2 is 2.00 bits per heavy atom. The highest BCUT2D eigenvalue weighted by molar-refractivity contribution is 7.15. The van der Waals surface area contributed by atoms with E-state index in [9.17, 15) is 4.79 Å². The predicted octanol–water partition coefficient (Wildman–Crippen LogP) is 2.90. The largest absolute Gasteiger partial charge is 0.441 e. The van der Waals surface area contributed by atoms with E-state index in [1.807, 2.05) is 36.4 Å². The fourth-order valence-corrected chi connectivity index (χ4v) is 3.83. The van der Waals surface area contributed by atoms with Gasteiger partial charge in [0.2, 0.25) is 0 Å². The molecule has 0 aliphatic rings. The Morgan fingerprint density at radius 3 is 2.79 bits per heavy atom. The first-order chi connectivity index (χ1) is 11.7. The summed E-state index contributed by atoms with van der Waals surface area (Å²) in [5, 5.41) is 0. The van der Waals surface area contributed by atoms with Crippen LogP contribution in [0.2, 0.25) is 0 Å². The minimum atomic E-state index is -0.0514. The molecule has 122 valence electrons. The first-order valence-electron chi connectivity index (χ1n) is 7.97. The summed E-state index contributed by atoms with van der Waals surface area (Å²) < 4.78 is 8.15. The molecular formula is C18H17N3O2S. The number of hydrogen-bond acceptors (Lipinski definition) is 5. The van der Waals surface area contributed by atoms with E-state index in [0.29, 0.717) is 15.3 Å². The number of imidazole rings is 1. The third-order valence-corrected chi connectivity index (χ3v) is 5.08. The van der Waals surface area contributed by atoms with Crippen LogP contribution in [0.3, 0.4) is 0 Å². The molecule has 1 aromatic carbocycles. The van der Waals surface area contributed by atoms with Gasteiger partial charge >= 0.3 is 0 Å². The van der Waals surface area contributed by atoms with Crippen LogP contribution >= 0.6 is 11.3 Å². The maximum Gasteiger partial charge on any atom is 0.275 e. The molecule has 3 heterocycles. The number of nitrogens with zero attached hydrogens (tertiary/aromatic N) is 3. The van der Waals surface area contributed by atoms with Crippen molar-refractivity contribution in [1.82, 2.24) is 9.38 Å². The van der Waals surface area contributed by atoms with Gasteiger partial charge in [-0.1, -0.05) is 23.5 Å². The van der Waals surface area contributed by atoms with Crippen molar-refractivity contribution in [2.24, 2.45) is 0 Å². The lowest BCUT2D eigenvalue weighted by Gasteiger charge is -2.16. The van der Waals surface area contributed by atoms with Gasteiger partial charge in [0.15, 0.2) is 10.8 Å². The number of para-hydroxylation sites is 2. The van der Waals surface area contributed by atoms with Crippen LogP contribution in [0.1, 0.15) is 19.6 Å². The molecule has 0 amide bonds. The number of benzene rings is 1. The number of anilines is 1. The summed E-state index contributed by atoms with van der Waals surface area (Å²) in [4.78, 5) is 20.1.